The van der Waals surface area contributed by atoms with Gasteiger partial charge < -0.3 is 0 Å². The van der Waals surface area contributed by atoms with Crippen molar-refractivity contribution in [3.05, 3.63) is 42.1 Å². The van der Waals surface area contributed by atoms with Gasteiger partial charge in [0.2, 0.25) is 0 Å². The van der Waals surface area contributed by atoms with Crippen LogP contribution in [-0.2, 0) is 6.42 Å². The predicted molar refractivity (Wildman–Crippen MR) is 60.7 cm³/mol. The first-order valence-corrected chi connectivity index (χ1v) is 5.22. The summed E-state index contributed by atoms with van der Waals surface area (Å²) in [6.45, 7) is 3.58. The van der Waals surface area contributed by atoms with Crippen molar-refractivity contribution >= 4 is 5.78 Å². The van der Waals surface area contributed by atoms with Crippen LogP contribution in [-0.4, -0.2) is 20.3 Å². The minimum Gasteiger partial charge on any atom is -0.294 e. The number of rotatable bonds is 3. The Labute approximate surface area is 94.0 Å². The zero-order valence-corrected chi connectivity index (χ0v) is 9.34. The van der Waals surface area contributed by atoms with Gasteiger partial charge in [-0.2, -0.15) is 0 Å². The fourth-order valence-electron chi connectivity index (χ4n) is 1.54. The maximum atomic E-state index is 11.1. The van der Waals surface area contributed by atoms with Gasteiger partial charge in [-0.1, -0.05) is 6.92 Å². The molecule has 4 heteroatoms. The summed E-state index contributed by atoms with van der Waals surface area (Å²) in [5, 5.41) is 0. The largest absolute Gasteiger partial charge is 0.294 e. The summed E-state index contributed by atoms with van der Waals surface area (Å²) in [5.41, 5.74) is 0.627. The van der Waals surface area contributed by atoms with Crippen molar-refractivity contribution in [2.75, 3.05) is 0 Å². The van der Waals surface area contributed by atoms with Crippen molar-refractivity contribution in [2.24, 2.45) is 0 Å². The van der Waals surface area contributed by atoms with Crippen molar-refractivity contribution in [2.45, 2.75) is 20.3 Å². The van der Waals surface area contributed by atoms with E-state index in [2.05, 4.69) is 9.97 Å². The molecule has 16 heavy (non-hydrogen) atoms. The molecule has 0 saturated carbocycles. The SMILES string of the molecule is CCc1nccn1-c1ccc(C(C)=O)cn1. The third-order valence-corrected chi connectivity index (χ3v) is 2.43. The standard InChI is InChI=1S/C12H13N3O/c1-3-11-13-6-7-15(11)12-5-4-10(8-14-12)9(2)16/h4-8H,3H2,1-2H3. The molecule has 0 aromatic carbocycles. The normalized spacial score (nSPS) is 10.4. The van der Waals surface area contributed by atoms with Gasteiger partial charge in [-0.3, -0.25) is 9.36 Å². The van der Waals surface area contributed by atoms with Gasteiger partial charge in [0.1, 0.15) is 11.6 Å². The average molecular weight is 215 g/mol. The summed E-state index contributed by atoms with van der Waals surface area (Å²) >= 11 is 0. The van der Waals surface area contributed by atoms with E-state index >= 15 is 0 Å². The molecule has 0 N–H and O–H groups in total. The molecule has 0 amide bonds. The van der Waals surface area contributed by atoms with E-state index in [1.54, 1.807) is 18.5 Å². The van der Waals surface area contributed by atoms with Crippen molar-refractivity contribution in [3.63, 3.8) is 0 Å². The molecule has 0 aliphatic rings. The summed E-state index contributed by atoms with van der Waals surface area (Å²) in [6.07, 6.45) is 6.06. The van der Waals surface area contributed by atoms with Gasteiger partial charge in [0.05, 0.1) is 0 Å². The molecule has 4 nitrogen and oxygen atoms in total. The molecule has 0 aliphatic carbocycles. The number of carbonyl (C=O) groups is 1. The van der Waals surface area contributed by atoms with E-state index in [1.165, 1.54) is 6.92 Å². The fraction of sp³-hybridized carbons (Fsp3) is 0.250. The van der Waals surface area contributed by atoms with E-state index in [9.17, 15) is 4.79 Å². The molecule has 0 bridgehead atoms. The number of aromatic nitrogens is 3. The van der Waals surface area contributed by atoms with Gasteiger partial charge in [0.15, 0.2) is 5.78 Å². The molecule has 0 aliphatic heterocycles. The Morgan fingerprint density at radius 1 is 1.38 bits per heavy atom. The topological polar surface area (TPSA) is 47.8 Å². The van der Waals surface area contributed by atoms with Crippen LogP contribution in [0, 0.1) is 0 Å². The number of imidazole rings is 1. The van der Waals surface area contributed by atoms with Crippen molar-refractivity contribution in [1.29, 1.82) is 0 Å². The second-order valence-electron chi connectivity index (χ2n) is 3.53. The van der Waals surface area contributed by atoms with Crippen LogP contribution >= 0.6 is 0 Å². The minimum absolute atomic E-state index is 0.0281. The Kier molecular flexibility index (Phi) is 2.81. The van der Waals surface area contributed by atoms with Crippen LogP contribution in [0.3, 0.4) is 0 Å². The fourth-order valence-corrected chi connectivity index (χ4v) is 1.54. The van der Waals surface area contributed by atoms with E-state index in [0.717, 1.165) is 18.1 Å². The number of aryl methyl sites for hydroxylation is 1. The molecule has 0 unspecified atom stereocenters. The maximum absolute atomic E-state index is 11.1. The Balaban J connectivity index is 2.38. The van der Waals surface area contributed by atoms with Gasteiger partial charge in [0, 0.05) is 30.6 Å². The Bertz CT molecular complexity index is 499. The van der Waals surface area contributed by atoms with E-state index in [0.29, 0.717) is 5.56 Å². The van der Waals surface area contributed by atoms with Crippen LogP contribution < -0.4 is 0 Å². The first-order chi connectivity index (χ1) is 7.72. The lowest BCUT2D eigenvalue weighted by Crippen LogP contribution is -2.02. The second kappa shape index (κ2) is 4.26. The monoisotopic (exact) mass is 215 g/mol. The molecule has 82 valence electrons. The highest BCUT2D eigenvalue weighted by molar-refractivity contribution is 5.93. The number of carbonyl (C=O) groups excluding carboxylic acids is 1. The van der Waals surface area contributed by atoms with E-state index < -0.39 is 0 Å². The van der Waals surface area contributed by atoms with Gasteiger partial charge >= 0.3 is 0 Å². The number of Topliss-reactive ketones (excluding diaryl/α,β-unsaturated/α-hetero) is 1. The van der Waals surface area contributed by atoms with Crippen LogP contribution in [0.15, 0.2) is 30.7 Å². The highest BCUT2D eigenvalue weighted by Crippen LogP contribution is 2.09. The van der Waals surface area contributed by atoms with Gasteiger partial charge in [0.25, 0.3) is 0 Å². The van der Waals surface area contributed by atoms with Crippen molar-refractivity contribution in [3.8, 4) is 5.82 Å². The first kappa shape index (κ1) is 10.5. The molecule has 0 spiro atoms. The summed E-state index contributed by atoms with van der Waals surface area (Å²) in [4.78, 5) is 19.6. The van der Waals surface area contributed by atoms with E-state index in [-0.39, 0.29) is 5.78 Å². The molecule has 2 aromatic heterocycles. The summed E-state index contributed by atoms with van der Waals surface area (Å²) in [7, 11) is 0. The minimum atomic E-state index is 0.0281. The molecule has 2 rings (SSSR count). The van der Waals surface area contributed by atoms with Crippen molar-refractivity contribution in [1.82, 2.24) is 14.5 Å². The zero-order chi connectivity index (χ0) is 11.5. The van der Waals surface area contributed by atoms with Crippen LogP contribution in [0.25, 0.3) is 5.82 Å². The average Bonchev–Trinajstić information content (AvgIpc) is 2.77. The third kappa shape index (κ3) is 1.86. The molecule has 0 atom stereocenters. The van der Waals surface area contributed by atoms with Crippen LogP contribution in [0.5, 0.6) is 0 Å². The number of ketones is 1. The summed E-state index contributed by atoms with van der Waals surface area (Å²) in [6, 6.07) is 3.61. The van der Waals surface area contributed by atoms with E-state index in [4.69, 9.17) is 0 Å². The molecular weight excluding hydrogens is 202 g/mol. The lowest BCUT2D eigenvalue weighted by atomic mass is 10.2. The summed E-state index contributed by atoms with van der Waals surface area (Å²) in [5.74, 6) is 1.78. The molecular formula is C12H13N3O. The maximum Gasteiger partial charge on any atom is 0.161 e. The van der Waals surface area contributed by atoms with Gasteiger partial charge in [-0.05, 0) is 19.1 Å². The number of hydrogen-bond acceptors (Lipinski definition) is 3. The van der Waals surface area contributed by atoms with Crippen LogP contribution in [0.1, 0.15) is 30.0 Å². The lowest BCUT2D eigenvalue weighted by molar-refractivity contribution is 0.101. The number of nitrogens with zero attached hydrogens (tertiary/aromatic N) is 3. The first-order valence-electron chi connectivity index (χ1n) is 5.22. The van der Waals surface area contributed by atoms with E-state index in [1.807, 2.05) is 23.8 Å². The molecule has 0 radical (unpaired) electrons. The Hall–Kier alpha value is -1.97. The number of hydrogen-bond donors (Lipinski definition) is 0. The highest BCUT2D eigenvalue weighted by Gasteiger charge is 2.05. The summed E-state index contributed by atoms with van der Waals surface area (Å²) < 4.78 is 1.92. The Morgan fingerprint density at radius 3 is 2.75 bits per heavy atom. The molecule has 0 saturated heterocycles. The van der Waals surface area contributed by atoms with Crippen LogP contribution in [0.4, 0.5) is 0 Å². The zero-order valence-electron chi connectivity index (χ0n) is 9.34. The predicted octanol–water partition coefficient (Wildman–Crippen LogP) is 2.03. The Morgan fingerprint density at radius 2 is 2.19 bits per heavy atom. The van der Waals surface area contributed by atoms with Gasteiger partial charge in [-0.15, -0.1) is 0 Å². The smallest absolute Gasteiger partial charge is 0.161 e. The van der Waals surface area contributed by atoms with Gasteiger partial charge in [-0.25, -0.2) is 9.97 Å². The third-order valence-electron chi connectivity index (χ3n) is 2.43. The quantitative estimate of drug-likeness (QED) is 0.736. The number of pyridine rings is 1. The van der Waals surface area contributed by atoms with Crippen LogP contribution in [0.2, 0.25) is 0 Å². The highest BCUT2D eigenvalue weighted by atomic mass is 16.1. The lowest BCUT2D eigenvalue weighted by Gasteiger charge is -2.05. The molecule has 2 heterocycles. The molecule has 2 aromatic rings. The molecule has 0 fully saturated rings. The van der Waals surface area contributed by atoms with Crippen molar-refractivity contribution < 1.29 is 4.79 Å². The second-order valence-corrected chi connectivity index (χ2v) is 3.53.